The van der Waals surface area contributed by atoms with E-state index in [4.69, 9.17) is 39.6 Å². The Bertz CT molecular complexity index is 987. The lowest BCUT2D eigenvalue weighted by atomic mass is 10.2. The van der Waals surface area contributed by atoms with E-state index in [2.05, 4.69) is 11.2 Å². The molecule has 2 aromatic carbocycles. The molecule has 0 aliphatic rings. The molecule has 0 unspecified atom stereocenters. The summed E-state index contributed by atoms with van der Waals surface area (Å²) in [5, 5.41) is 2.80. The Morgan fingerprint density at radius 1 is 0.744 bits per heavy atom. The van der Waals surface area contributed by atoms with E-state index in [1.807, 2.05) is 19.1 Å². The summed E-state index contributed by atoms with van der Waals surface area (Å²) in [6.07, 6.45) is 4.50. The van der Waals surface area contributed by atoms with Crippen molar-refractivity contribution in [2.45, 2.75) is 20.0 Å². The van der Waals surface area contributed by atoms with Gasteiger partial charge in [-0.1, -0.05) is 35.7 Å². The molecule has 0 radical (unpaired) electrons. The van der Waals surface area contributed by atoms with E-state index in [0.29, 0.717) is 64.3 Å². The van der Waals surface area contributed by atoms with Crippen molar-refractivity contribution in [2.24, 2.45) is 0 Å². The van der Waals surface area contributed by atoms with Gasteiger partial charge in [0.25, 0.3) is 0 Å². The second-order valence-corrected chi connectivity index (χ2v) is 8.16. The summed E-state index contributed by atoms with van der Waals surface area (Å²) in [4.78, 5) is 23.9. The third kappa shape index (κ3) is 16.2. The maximum atomic E-state index is 12.1. The van der Waals surface area contributed by atoms with Gasteiger partial charge >= 0.3 is 6.16 Å². The van der Waals surface area contributed by atoms with Crippen LogP contribution in [0.25, 0.3) is 0 Å². The topological polar surface area (TPSA) is 111 Å². The van der Waals surface area contributed by atoms with Crippen LogP contribution in [0.15, 0.2) is 48.5 Å². The molecule has 0 aliphatic heterocycles. The van der Waals surface area contributed by atoms with Crippen LogP contribution in [0, 0.1) is 19.3 Å². The first kappa shape index (κ1) is 31.8. The van der Waals surface area contributed by atoms with Crippen molar-refractivity contribution in [3.8, 4) is 18.1 Å². The maximum Gasteiger partial charge on any atom is 0.514 e. The summed E-state index contributed by atoms with van der Waals surface area (Å²) < 4.78 is 36.9. The van der Waals surface area contributed by atoms with E-state index in [-0.39, 0.29) is 32.1 Å². The van der Waals surface area contributed by atoms with Crippen molar-refractivity contribution in [3.05, 3.63) is 59.7 Å². The second-order valence-electron chi connectivity index (χ2n) is 8.16. The molecule has 0 saturated carbocycles. The van der Waals surface area contributed by atoms with Gasteiger partial charge in [-0.05, 0) is 36.8 Å². The van der Waals surface area contributed by atoms with Gasteiger partial charge in [0.05, 0.1) is 65.9 Å². The Kier molecular flexibility index (Phi) is 16.7. The average Bonchev–Trinajstić information content (AvgIpc) is 2.93. The zero-order valence-electron chi connectivity index (χ0n) is 22.4. The fraction of sp³-hybridized carbons (Fsp3) is 0.448. The number of carbonyl (C=O) groups excluding carboxylic acids is 2. The van der Waals surface area contributed by atoms with E-state index in [1.165, 1.54) is 0 Å². The molecule has 0 atom stereocenters. The Labute approximate surface area is 229 Å². The van der Waals surface area contributed by atoms with E-state index >= 15 is 0 Å². The van der Waals surface area contributed by atoms with E-state index in [1.54, 1.807) is 36.4 Å². The molecular weight excluding hydrogens is 506 g/mol. The predicted octanol–water partition coefficient (Wildman–Crippen LogP) is 3.76. The van der Waals surface area contributed by atoms with Crippen molar-refractivity contribution in [1.82, 2.24) is 0 Å². The van der Waals surface area contributed by atoms with Crippen LogP contribution in [0.1, 0.15) is 17.5 Å². The number of benzene rings is 2. The molecule has 0 fully saturated rings. The third-order valence-electron chi connectivity index (χ3n) is 4.96. The van der Waals surface area contributed by atoms with Crippen molar-refractivity contribution < 1.29 is 42.7 Å². The second kappa shape index (κ2) is 20.5. The molecule has 0 bridgehead atoms. The summed E-state index contributed by atoms with van der Waals surface area (Å²) in [5.74, 6) is 2.64. The smallest absolute Gasteiger partial charge is 0.429 e. The normalized spacial score (nSPS) is 10.6. The molecule has 39 heavy (non-hydrogen) atoms. The minimum Gasteiger partial charge on any atom is -0.429 e. The molecule has 0 aliphatic carbocycles. The highest BCUT2D eigenvalue weighted by atomic mass is 16.7. The van der Waals surface area contributed by atoms with Gasteiger partial charge in [-0.2, -0.15) is 0 Å². The fourth-order valence-corrected chi connectivity index (χ4v) is 2.96. The molecule has 2 aromatic rings. The number of carbonyl (C=O) groups is 2. The van der Waals surface area contributed by atoms with Gasteiger partial charge in [0, 0.05) is 5.69 Å². The number of terminal acetylenes is 1. The highest BCUT2D eigenvalue weighted by Crippen LogP contribution is 2.14. The molecule has 10 nitrogen and oxygen atoms in total. The number of nitrogens with one attached hydrogen (secondary N) is 1. The minimum atomic E-state index is -0.782. The van der Waals surface area contributed by atoms with Gasteiger partial charge in [0.1, 0.15) is 19.0 Å². The zero-order valence-corrected chi connectivity index (χ0v) is 22.4. The van der Waals surface area contributed by atoms with E-state index < -0.39 is 6.16 Å². The minimum absolute atomic E-state index is 0.0550. The predicted molar refractivity (Wildman–Crippen MR) is 145 cm³/mol. The van der Waals surface area contributed by atoms with Crippen LogP contribution in [0.3, 0.4) is 0 Å². The summed E-state index contributed by atoms with van der Waals surface area (Å²) >= 11 is 0. The summed E-state index contributed by atoms with van der Waals surface area (Å²) in [6.45, 7) is 6.18. The number of hydrogen-bond donors (Lipinski definition) is 1. The monoisotopic (exact) mass is 543 g/mol. The molecule has 0 aromatic heterocycles. The number of ether oxygens (including phenoxy) is 7. The van der Waals surface area contributed by atoms with Crippen LogP contribution in [-0.4, -0.2) is 78.1 Å². The number of rotatable bonds is 20. The first-order valence-corrected chi connectivity index (χ1v) is 12.7. The Morgan fingerprint density at radius 2 is 1.28 bits per heavy atom. The first-order chi connectivity index (χ1) is 19.1. The number of aryl methyl sites for hydroxylation is 1. The zero-order chi connectivity index (χ0) is 28.0. The lowest BCUT2D eigenvalue weighted by Gasteiger charge is -2.09. The van der Waals surface area contributed by atoms with Gasteiger partial charge < -0.3 is 38.5 Å². The molecule has 1 N–H and O–H groups in total. The first-order valence-electron chi connectivity index (χ1n) is 12.7. The average molecular weight is 544 g/mol. The van der Waals surface area contributed by atoms with E-state index in [0.717, 1.165) is 11.1 Å². The summed E-state index contributed by atoms with van der Waals surface area (Å²) in [6, 6.07) is 14.1. The van der Waals surface area contributed by atoms with Crippen LogP contribution in [0.2, 0.25) is 0 Å². The van der Waals surface area contributed by atoms with Crippen LogP contribution in [-0.2, 0) is 39.8 Å². The Balaban J connectivity index is 1.42. The molecule has 212 valence electrons. The fourth-order valence-electron chi connectivity index (χ4n) is 2.96. The molecule has 10 heteroatoms. The number of amides is 1. The summed E-state index contributed by atoms with van der Waals surface area (Å²) in [7, 11) is 0. The van der Waals surface area contributed by atoms with Gasteiger partial charge in [-0.15, -0.1) is 6.42 Å². The van der Waals surface area contributed by atoms with Crippen molar-refractivity contribution in [2.75, 3.05) is 71.4 Å². The van der Waals surface area contributed by atoms with Crippen LogP contribution in [0.4, 0.5) is 10.5 Å². The Morgan fingerprint density at radius 3 is 1.85 bits per heavy atom. The third-order valence-corrected chi connectivity index (χ3v) is 4.96. The molecule has 2 rings (SSSR count). The van der Waals surface area contributed by atoms with Crippen LogP contribution < -0.4 is 10.1 Å². The largest absolute Gasteiger partial charge is 0.514 e. The molecule has 1 amide bonds. The lowest BCUT2D eigenvalue weighted by molar-refractivity contribution is -0.117. The van der Waals surface area contributed by atoms with Crippen molar-refractivity contribution >= 4 is 17.7 Å². The number of anilines is 1. The SMILES string of the molecule is C#CCOCCOCCOCCOCCOCCC(=O)Nc1ccc(COC(=O)Oc2ccc(C)cc2)cc1. The van der Waals surface area contributed by atoms with Crippen LogP contribution in [0.5, 0.6) is 5.75 Å². The van der Waals surface area contributed by atoms with E-state index in [9.17, 15) is 9.59 Å². The standard InChI is InChI=1S/C29H37NO9/c1-3-13-33-15-17-35-19-21-37-22-20-36-18-16-34-14-12-28(31)30-26-8-6-25(7-9-26)23-38-29(32)39-27-10-4-24(2)5-11-27/h1,4-11H,12-23H2,2H3,(H,30,31). The van der Waals surface area contributed by atoms with Gasteiger partial charge in [0.2, 0.25) is 5.91 Å². The molecular formula is C29H37NO9. The Hall–Kier alpha value is -3.46. The number of hydrogen-bond acceptors (Lipinski definition) is 9. The molecule has 0 heterocycles. The highest BCUT2D eigenvalue weighted by molar-refractivity contribution is 5.90. The van der Waals surface area contributed by atoms with Gasteiger partial charge in [0.15, 0.2) is 0 Å². The van der Waals surface area contributed by atoms with Crippen molar-refractivity contribution in [1.29, 1.82) is 0 Å². The summed E-state index contributed by atoms with van der Waals surface area (Å²) in [5.41, 5.74) is 2.46. The van der Waals surface area contributed by atoms with Crippen LogP contribution >= 0.6 is 0 Å². The molecule has 0 spiro atoms. The quantitative estimate of drug-likeness (QED) is 0.116. The lowest BCUT2D eigenvalue weighted by Crippen LogP contribution is -2.16. The maximum absolute atomic E-state index is 12.1. The van der Waals surface area contributed by atoms with Gasteiger partial charge in [-0.3, -0.25) is 4.79 Å². The van der Waals surface area contributed by atoms with Gasteiger partial charge in [-0.25, -0.2) is 4.79 Å². The molecule has 0 saturated heterocycles. The van der Waals surface area contributed by atoms with Crippen molar-refractivity contribution in [3.63, 3.8) is 0 Å². The highest BCUT2D eigenvalue weighted by Gasteiger charge is 2.07.